The lowest BCUT2D eigenvalue weighted by Crippen LogP contribution is -2.17. The molecular weight excluding hydrogens is 260 g/mol. The molecular formula is C15H23ClN2O. The first-order chi connectivity index (χ1) is 9.19. The molecule has 1 heterocycles. The van der Waals surface area contributed by atoms with Crippen LogP contribution in [0.2, 0.25) is 5.02 Å². The summed E-state index contributed by atoms with van der Waals surface area (Å²) < 4.78 is 1.88. The van der Waals surface area contributed by atoms with Gasteiger partial charge in [-0.3, -0.25) is 4.68 Å². The van der Waals surface area contributed by atoms with Gasteiger partial charge >= 0.3 is 0 Å². The third kappa shape index (κ3) is 2.55. The minimum atomic E-state index is -0.453. The Kier molecular flexibility index (Phi) is 3.86. The Balaban J connectivity index is 1.70. The first-order valence-corrected chi connectivity index (χ1v) is 7.96. The molecule has 2 fully saturated rings. The summed E-state index contributed by atoms with van der Waals surface area (Å²) in [7, 11) is 0. The molecule has 0 aromatic carbocycles. The standard InChI is InChI=1S/C15H23ClN2O/c1-2-5-18-15(13(16)9-17-18)14(19)8-12-7-10-3-4-11(12)6-10/h9-12,14,19H,2-8H2,1H3. The van der Waals surface area contributed by atoms with Crippen molar-refractivity contribution in [3.8, 4) is 0 Å². The highest BCUT2D eigenvalue weighted by molar-refractivity contribution is 6.31. The van der Waals surface area contributed by atoms with Crippen molar-refractivity contribution in [2.45, 2.75) is 58.1 Å². The molecule has 2 aliphatic rings. The van der Waals surface area contributed by atoms with Crippen molar-refractivity contribution in [3.05, 3.63) is 16.9 Å². The first-order valence-electron chi connectivity index (χ1n) is 7.58. The number of hydrogen-bond acceptors (Lipinski definition) is 2. The third-order valence-corrected chi connectivity index (χ3v) is 5.29. The Morgan fingerprint density at radius 3 is 2.95 bits per heavy atom. The first kappa shape index (κ1) is 13.4. The summed E-state index contributed by atoms with van der Waals surface area (Å²) in [6.45, 7) is 2.94. The third-order valence-electron chi connectivity index (χ3n) is 4.99. The normalized spacial score (nSPS) is 31.0. The molecule has 3 rings (SSSR count). The number of aromatic nitrogens is 2. The van der Waals surface area contributed by atoms with Gasteiger partial charge in [-0.25, -0.2) is 0 Å². The maximum Gasteiger partial charge on any atom is 0.0974 e. The number of hydrogen-bond donors (Lipinski definition) is 1. The van der Waals surface area contributed by atoms with Crippen LogP contribution in [0, 0.1) is 17.8 Å². The van der Waals surface area contributed by atoms with Crippen LogP contribution in [-0.4, -0.2) is 14.9 Å². The summed E-state index contributed by atoms with van der Waals surface area (Å²) in [5.74, 6) is 2.47. The summed E-state index contributed by atoms with van der Waals surface area (Å²) in [4.78, 5) is 0. The van der Waals surface area contributed by atoms with Gasteiger partial charge in [-0.1, -0.05) is 24.9 Å². The van der Waals surface area contributed by atoms with Gasteiger partial charge in [0.05, 0.1) is 23.0 Å². The maximum atomic E-state index is 10.5. The molecule has 1 N–H and O–H groups in total. The van der Waals surface area contributed by atoms with E-state index in [-0.39, 0.29) is 0 Å². The van der Waals surface area contributed by atoms with Crippen LogP contribution >= 0.6 is 11.6 Å². The van der Waals surface area contributed by atoms with Crippen LogP contribution in [-0.2, 0) is 6.54 Å². The second-order valence-electron chi connectivity index (χ2n) is 6.29. The van der Waals surface area contributed by atoms with E-state index in [1.165, 1.54) is 25.7 Å². The van der Waals surface area contributed by atoms with E-state index in [2.05, 4.69) is 12.0 Å². The zero-order valence-corrected chi connectivity index (χ0v) is 12.3. The van der Waals surface area contributed by atoms with Gasteiger partial charge in [-0.15, -0.1) is 0 Å². The zero-order chi connectivity index (χ0) is 13.4. The van der Waals surface area contributed by atoms with Gasteiger partial charge in [0, 0.05) is 6.54 Å². The SMILES string of the molecule is CCCn1ncc(Cl)c1C(O)CC1CC2CCC1C2. The van der Waals surface area contributed by atoms with Gasteiger partial charge in [-0.05, 0) is 49.9 Å². The molecule has 3 nitrogen and oxygen atoms in total. The van der Waals surface area contributed by atoms with Gasteiger partial charge in [0.15, 0.2) is 0 Å². The lowest BCUT2D eigenvalue weighted by Gasteiger charge is -2.24. The van der Waals surface area contributed by atoms with Gasteiger partial charge in [0.25, 0.3) is 0 Å². The highest BCUT2D eigenvalue weighted by Gasteiger charge is 2.40. The van der Waals surface area contributed by atoms with Crippen LogP contribution in [0.15, 0.2) is 6.20 Å². The molecule has 1 aromatic heterocycles. The second-order valence-corrected chi connectivity index (χ2v) is 6.69. The van der Waals surface area contributed by atoms with Crippen molar-refractivity contribution in [1.29, 1.82) is 0 Å². The second kappa shape index (κ2) is 5.45. The van der Waals surface area contributed by atoms with Gasteiger partial charge in [0.1, 0.15) is 0 Å². The molecule has 0 amide bonds. The highest BCUT2D eigenvalue weighted by Crippen LogP contribution is 2.51. The van der Waals surface area contributed by atoms with Crippen molar-refractivity contribution in [2.75, 3.05) is 0 Å². The van der Waals surface area contributed by atoms with E-state index >= 15 is 0 Å². The van der Waals surface area contributed by atoms with Crippen LogP contribution < -0.4 is 0 Å². The van der Waals surface area contributed by atoms with Gasteiger partial charge in [0.2, 0.25) is 0 Å². The number of halogens is 1. The largest absolute Gasteiger partial charge is 0.387 e. The monoisotopic (exact) mass is 282 g/mol. The zero-order valence-electron chi connectivity index (χ0n) is 11.6. The average molecular weight is 283 g/mol. The van der Waals surface area contributed by atoms with Crippen molar-refractivity contribution in [1.82, 2.24) is 9.78 Å². The molecule has 0 saturated heterocycles. The predicted molar refractivity (Wildman–Crippen MR) is 76.0 cm³/mol. The fraction of sp³-hybridized carbons (Fsp3) is 0.800. The summed E-state index contributed by atoms with van der Waals surface area (Å²) in [6.07, 6.45) is 8.54. The number of aliphatic hydroxyl groups is 1. The van der Waals surface area contributed by atoms with E-state index in [4.69, 9.17) is 11.6 Å². The van der Waals surface area contributed by atoms with Gasteiger partial charge in [-0.2, -0.15) is 5.10 Å². The molecule has 1 aromatic rings. The molecule has 2 bridgehead atoms. The maximum absolute atomic E-state index is 10.5. The van der Waals surface area contributed by atoms with E-state index in [1.807, 2.05) is 4.68 Å². The molecule has 19 heavy (non-hydrogen) atoms. The Bertz CT molecular complexity index is 445. The van der Waals surface area contributed by atoms with Crippen molar-refractivity contribution < 1.29 is 5.11 Å². The van der Waals surface area contributed by atoms with E-state index in [9.17, 15) is 5.11 Å². The number of fused-ring (bicyclic) bond motifs is 2. The molecule has 0 aliphatic heterocycles. The molecule has 106 valence electrons. The Morgan fingerprint density at radius 1 is 1.47 bits per heavy atom. The smallest absolute Gasteiger partial charge is 0.0974 e. The molecule has 2 aliphatic carbocycles. The summed E-state index contributed by atoms with van der Waals surface area (Å²) in [5.41, 5.74) is 0.825. The van der Waals surface area contributed by atoms with E-state index in [0.717, 1.165) is 36.9 Å². The van der Waals surface area contributed by atoms with E-state index < -0.39 is 6.10 Å². The van der Waals surface area contributed by atoms with Crippen LogP contribution in [0.1, 0.15) is 57.2 Å². The fourth-order valence-electron chi connectivity index (χ4n) is 4.16. The average Bonchev–Trinajstić information content (AvgIpc) is 3.05. The van der Waals surface area contributed by atoms with Crippen LogP contribution in [0.5, 0.6) is 0 Å². The number of aliphatic hydroxyl groups excluding tert-OH is 1. The lowest BCUT2D eigenvalue weighted by molar-refractivity contribution is 0.117. The molecule has 4 unspecified atom stereocenters. The Morgan fingerprint density at radius 2 is 2.32 bits per heavy atom. The topological polar surface area (TPSA) is 38.0 Å². The summed E-state index contributed by atoms with van der Waals surface area (Å²) in [5, 5.41) is 15.4. The predicted octanol–water partition coefficient (Wildman–Crippen LogP) is 3.81. The minimum Gasteiger partial charge on any atom is -0.387 e. The molecule has 0 radical (unpaired) electrons. The lowest BCUT2D eigenvalue weighted by atomic mass is 9.84. The van der Waals surface area contributed by atoms with Crippen molar-refractivity contribution in [3.63, 3.8) is 0 Å². The minimum absolute atomic E-state index is 0.453. The van der Waals surface area contributed by atoms with Crippen molar-refractivity contribution >= 4 is 11.6 Å². The van der Waals surface area contributed by atoms with Crippen LogP contribution in [0.25, 0.3) is 0 Å². The highest BCUT2D eigenvalue weighted by atomic mass is 35.5. The molecule has 2 saturated carbocycles. The molecule has 4 heteroatoms. The van der Waals surface area contributed by atoms with E-state index in [0.29, 0.717) is 10.9 Å². The molecule has 0 spiro atoms. The summed E-state index contributed by atoms with van der Waals surface area (Å²) in [6, 6.07) is 0. The fourth-order valence-corrected chi connectivity index (χ4v) is 4.42. The van der Waals surface area contributed by atoms with Gasteiger partial charge < -0.3 is 5.11 Å². The van der Waals surface area contributed by atoms with E-state index in [1.54, 1.807) is 6.20 Å². The van der Waals surface area contributed by atoms with Crippen LogP contribution in [0.3, 0.4) is 0 Å². The number of aryl methyl sites for hydroxylation is 1. The Hall–Kier alpha value is -0.540. The Labute approximate surface area is 120 Å². The molecule has 4 atom stereocenters. The quantitative estimate of drug-likeness (QED) is 0.892. The summed E-state index contributed by atoms with van der Waals surface area (Å²) >= 11 is 6.20. The number of nitrogens with zero attached hydrogens (tertiary/aromatic N) is 2. The van der Waals surface area contributed by atoms with Crippen molar-refractivity contribution in [2.24, 2.45) is 17.8 Å². The number of rotatable bonds is 5. The van der Waals surface area contributed by atoms with Crippen LogP contribution in [0.4, 0.5) is 0 Å².